The minimum absolute atomic E-state index is 0.107. The van der Waals surface area contributed by atoms with Crippen LogP contribution in [0.5, 0.6) is 0 Å². The topological polar surface area (TPSA) is 105 Å². The van der Waals surface area contributed by atoms with Gasteiger partial charge in [0, 0.05) is 19.0 Å². The minimum Gasteiger partial charge on any atom is -0.481 e. The Hall–Kier alpha value is -4.17. The Kier molecular flexibility index (Phi) is 8.16. The average Bonchev–Trinajstić information content (AvgIpc) is 3.26. The molecule has 40 heavy (non-hydrogen) atoms. The summed E-state index contributed by atoms with van der Waals surface area (Å²) in [6.45, 7) is 2.13. The van der Waals surface area contributed by atoms with Crippen molar-refractivity contribution in [3.63, 3.8) is 0 Å². The highest BCUT2D eigenvalue weighted by Gasteiger charge is 2.41. The molecular weight excluding hydrogens is 508 g/mol. The lowest BCUT2D eigenvalue weighted by Gasteiger charge is -2.41. The zero-order chi connectivity index (χ0) is 28.2. The van der Waals surface area contributed by atoms with E-state index in [0.717, 1.165) is 27.8 Å². The van der Waals surface area contributed by atoms with Gasteiger partial charge in [-0.15, -0.1) is 0 Å². The number of benzene rings is 3. The van der Waals surface area contributed by atoms with Crippen molar-refractivity contribution in [2.75, 3.05) is 13.7 Å². The van der Waals surface area contributed by atoms with Crippen LogP contribution in [0, 0.1) is 5.92 Å². The first kappa shape index (κ1) is 27.4. The molecule has 1 saturated carbocycles. The highest BCUT2D eigenvalue weighted by atomic mass is 16.5. The molecule has 0 saturated heterocycles. The summed E-state index contributed by atoms with van der Waals surface area (Å²) in [5, 5.41) is 12.0. The first-order valence-electron chi connectivity index (χ1n) is 13.6. The quantitative estimate of drug-likeness (QED) is 0.381. The number of amides is 2. The third-order valence-electron chi connectivity index (χ3n) is 8.07. The number of ether oxygens (including phenoxy) is 2. The highest BCUT2D eigenvalue weighted by molar-refractivity contribution is 5.87. The van der Waals surface area contributed by atoms with Gasteiger partial charge in [-0.3, -0.25) is 9.59 Å². The molecule has 2 aliphatic carbocycles. The molecule has 8 heteroatoms. The van der Waals surface area contributed by atoms with Crippen molar-refractivity contribution >= 4 is 18.0 Å². The SMILES string of the molecule is C[C@H](OCc1ccccc1)[C@@H](NC(=O)OCC1c2ccccc2-c2ccccc21)C(=O)N(C)C1CC(C(=O)O)C1. The molecule has 3 aromatic carbocycles. The van der Waals surface area contributed by atoms with Gasteiger partial charge in [-0.05, 0) is 47.6 Å². The summed E-state index contributed by atoms with van der Waals surface area (Å²) in [7, 11) is 1.64. The molecule has 2 amide bonds. The van der Waals surface area contributed by atoms with Gasteiger partial charge in [0.15, 0.2) is 0 Å². The van der Waals surface area contributed by atoms with E-state index >= 15 is 0 Å². The monoisotopic (exact) mass is 542 g/mol. The Morgan fingerprint density at radius 1 is 0.925 bits per heavy atom. The van der Waals surface area contributed by atoms with E-state index in [9.17, 15) is 19.5 Å². The van der Waals surface area contributed by atoms with Crippen LogP contribution in [0.25, 0.3) is 11.1 Å². The Morgan fingerprint density at radius 3 is 2.10 bits per heavy atom. The Morgan fingerprint density at radius 2 is 1.50 bits per heavy atom. The van der Waals surface area contributed by atoms with E-state index in [2.05, 4.69) is 17.4 Å². The lowest BCUT2D eigenvalue weighted by atomic mass is 9.79. The summed E-state index contributed by atoms with van der Waals surface area (Å²) in [4.78, 5) is 39.4. The molecular formula is C32H34N2O6. The van der Waals surface area contributed by atoms with Crippen LogP contribution in [0.3, 0.4) is 0 Å². The maximum absolute atomic E-state index is 13.6. The van der Waals surface area contributed by atoms with E-state index in [1.165, 1.54) is 4.90 Å². The molecule has 8 nitrogen and oxygen atoms in total. The number of fused-ring (bicyclic) bond motifs is 3. The number of rotatable bonds is 10. The van der Waals surface area contributed by atoms with Gasteiger partial charge in [0.05, 0.1) is 18.6 Å². The number of likely N-dealkylation sites (N-methyl/N-ethyl adjacent to an activating group) is 1. The highest BCUT2D eigenvalue weighted by Crippen LogP contribution is 2.44. The predicted octanol–water partition coefficient (Wildman–Crippen LogP) is 4.82. The normalized spacial score (nSPS) is 18.9. The van der Waals surface area contributed by atoms with Crippen LogP contribution in [0.2, 0.25) is 0 Å². The molecule has 0 heterocycles. The van der Waals surface area contributed by atoms with E-state index in [4.69, 9.17) is 9.47 Å². The third kappa shape index (κ3) is 5.72. The second-order valence-electron chi connectivity index (χ2n) is 10.6. The minimum atomic E-state index is -1.01. The summed E-state index contributed by atoms with van der Waals surface area (Å²) in [6.07, 6.45) is -0.602. The molecule has 5 rings (SSSR count). The fourth-order valence-electron chi connectivity index (χ4n) is 5.55. The maximum atomic E-state index is 13.6. The molecule has 2 atom stereocenters. The van der Waals surface area contributed by atoms with Gasteiger partial charge < -0.3 is 24.8 Å². The van der Waals surface area contributed by atoms with Crippen molar-refractivity contribution in [1.29, 1.82) is 0 Å². The van der Waals surface area contributed by atoms with E-state index in [0.29, 0.717) is 12.8 Å². The molecule has 0 unspecified atom stereocenters. The number of hydrogen-bond donors (Lipinski definition) is 2. The molecule has 2 N–H and O–H groups in total. The first-order valence-corrected chi connectivity index (χ1v) is 13.6. The third-order valence-corrected chi connectivity index (χ3v) is 8.07. The fourth-order valence-corrected chi connectivity index (χ4v) is 5.55. The van der Waals surface area contributed by atoms with Crippen molar-refractivity contribution in [1.82, 2.24) is 10.2 Å². The van der Waals surface area contributed by atoms with Crippen molar-refractivity contribution in [2.24, 2.45) is 5.92 Å². The number of carbonyl (C=O) groups excluding carboxylic acids is 2. The molecule has 1 fully saturated rings. The standard InChI is InChI=1S/C32H34N2O6/c1-20(39-18-21-10-4-3-5-11-21)29(30(35)34(2)23-16-22(17-23)31(36)37)33-32(38)40-19-28-26-14-8-6-12-24(26)25-13-7-9-15-27(25)28/h3-15,20,22-23,28-29H,16-19H2,1-2H3,(H,33,38)(H,36,37)/t20-,22?,23?,29+/m0/s1. The molecule has 0 radical (unpaired) electrons. The van der Waals surface area contributed by atoms with Gasteiger partial charge in [-0.25, -0.2) is 4.79 Å². The smallest absolute Gasteiger partial charge is 0.407 e. The van der Waals surface area contributed by atoms with Gasteiger partial charge in [-0.2, -0.15) is 0 Å². The van der Waals surface area contributed by atoms with Crippen LogP contribution in [0.4, 0.5) is 4.79 Å². The summed E-state index contributed by atoms with van der Waals surface area (Å²) < 4.78 is 11.7. The van der Waals surface area contributed by atoms with Crippen LogP contribution >= 0.6 is 0 Å². The lowest BCUT2D eigenvalue weighted by molar-refractivity contribution is -0.151. The lowest BCUT2D eigenvalue weighted by Crippen LogP contribution is -2.58. The van der Waals surface area contributed by atoms with Crippen molar-refractivity contribution in [2.45, 2.75) is 50.5 Å². The number of nitrogens with zero attached hydrogens (tertiary/aromatic N) is 1. The molecule has 2 aliphatic rings. The number of aliphatic carboxylic acids is 1. The van der Waals surface area contributed by atoms with E-state index in [-0.39, 0.29) is 31.1 Å². The van der Waals surface area contributed by atoms with Crippen LogP contribution < -0.4 is 5.32 Å². The van der Waals surface area contributed by atoms with E-state index < -0.39 is 30.1 Å². The van der Waals surface area contributed by atoms with Crippen LogP contribution in [-0.2, 0) is 25.7 Å². The number of alkyl carbamates (subject to hydrolysis) is 1. The average molecular weight is 543 g/mol. The Balaban J connectivity index is 1.26. The number of hydrogen-bond acceptors (Lipinski definition) is 5. The summed E-state index contributed by atoms with van der Waals surface area (Å²) in [6, 6.07) is 24.5. The summed E-state index contributed by atoms with van der Waals surface area (Å²) >= 11 is 0. The van der Waals surface area contributed by atoms with Gasteiger partial charge in [0.1, 0.15) is 12.6 Å². The van der Waals surface area contributed by atoms with E-state index in [1.54, 1.807) is 14.0 Å². The molecule has 0 aliphatic heterocycles. The van der Waals surface area contributed by atoms with Crippen LogP contribution in [-0.4, -0.2) is 59.8 Å². The van der Waals surface area contributed by atoms with Crippen molar-refractivity contribution in [3.05, 3.63) is 95.6 Å². The van der Waals surface area contributed by atoms with Gasteiger partial charge >= 0.3 is 12.1 Å². The van der Waals surface area contributed by atoms with E-state index in [1.807, 2.05) is 66.7 Å². The zero-order valence-electron chi connectivity index (χ0n) is 22.7. The summed E-state index contributed by atoms with van der Waals surface area (Å²) in [5.41, 5.74) is 5.40. The Bertz CT molecular complexity index is 1330. The number of carboxylic acid groups (broad SMARTS) is 1. The zero-order valence-corrected chi connectivity index (χ0v) is 22.7. The van der Waals surface area contributed by atoms with Crippen LogP contribution in [0.1, 0.15) is 42.4 Å². The second kappa shape index (κ2) is 11.9. The number of carboxylic acids is 1. The number of carbonyl (C=O) groups is 3. The van der Waals surface area contributed by atoms with Crippen molar-refractivity contribution in [3.8, 4) is 11.1 Å². The molecule has 3 aromatic rings. The molecule has 0 spiro atoms. The van der Waals surface area contributed by atoms with Gasteiger partial charge in [0.25, 0.3) is 0 Å². The Labute approximate surface area is 233 Å². The summed E-state index contributed by atoms with van der Waals surface area (Å²) in [5.74, 6) is -1.77. The predicted molar refractivity (Wildman–Crippen MR) is 150 cm³/mol. The van der Waals surface area contributed by atoms with Gasteiger partial charge in [-0.1, -0.05) is 78.9 Å². The van der Waals surface area contributed by atoms with Crippen LogP contribution in [0.15, 0.2) is 78.9 Å². The molecule has 208 valence electrons. The van der Waals surface area contributed by atoms with Gasteiger partial charge in [0.2, 0.25) is 5.91 Å². The first-order chi connectivity index (χ1) is 19.3. The molecule has 0 bridgehead atoms. The maximum Gasteiger partial charge on any atom is 0.407 e. The largest absolute Gasteiger partial charge is 0.481 e. The molecule has 0 aromatic heterocycles. The second-order valence-corrected chi connectivity index (χ2v) is 10.6. The van der Waals surface area contributed by atoms with Crippen molar-refractivity contribution < 1.29 is 29.0 Å². The fraction of sp³-hybridized carbons (Fsp3) is 0.344. The number of nitrogens with one attached hydrogen (secondary N) is 1.